The van der Waals surface area contributed by atoms with E-state index in [1.54, 1.807) is 56.6 Å². The number of hydrogen-bond donors (Lipinski definition) is 4. The molecule has 2 aromatic rings. The Hall–Kier alpha value is -4.12. The number of rotatable bonds is 11. The van der Waals surface area contributed by atoms with Crippen molar-refractivity contribution in [3.05, 3.63) is 66.4 Å². The molecule has 2 aromatic carbocycles. The summed E-state index contributed by atoms with van der Waals surface area (Å²) < 4.78 is 30.6. The van der Waals surface area contributed by atoms with Gasteiger partial charge in [0.25, 0.3) is 0 Å². The molecule has 0 atom stereocenters. The molecule has 1 fully saturated rings. The molecule has 0 saturated heterocycles. The van der Waals surface area contributed by atoms with E-state index in [1.165, 1.54) is 19.2 Å². The van der Waals surface area contributed by atoms with Crippen LogP contribution in [0.4, 0.5) is 17.1 Å². The first-order valence-corrected chi connectivity index (χ1v) is 16.2. The average molecular weight is 613 g/mol. The molecule has 0 radical (unpaired) electrons. The Bertz CT molecular complexity index is 1300. The zero-order chi connectivity index (χ0) is 31.9. The molecule has 2 aliphatic rings. The molecule has 4 N–H and O–H groups in total. The van der Waals surface area contributed by atoms with Crippen molar-refractivity contribution < 1.29 is 17.4 Å². The molecule has 1 aliphatic carbocycles. The van der Waals surface area contributed by atoms with Crippen LogP contribution in [0.3, 0.4) is 0 Å². The molecule has 0 aromatic heterocycles. The zero-order valence-corrected chi connectivity index (χ0v) is 27.1. The van der Waals surface area contributed by atoms with Crippen molar-refractivity contribution in [2.24, 2.45) is 9.98 Å². The van der Waals surface area contributed by atoms with Crippen LogP contribution in [0.25, 0.3) is 0 Å². The molecule has 10 nitrogen and oxygen atoms in total. The number of carbonyl (C=O) groups excluding carboxylic acids is 1. The lowest BCUT2D eigenvalue weighted by Gasteiger charge is -2.14. The Labute approximate surface area is 258 Å². The number of anilines is 3. The summed E-state index contributed by atoms with van der Waals surface area (Å²) in [6, 6.07) is 12.1. The van der Waals surface area contributed by atoms with Crippen molar-refractivity contribution in [3.8, 4) is 5.75 Å². The lowest BCUT2D eigenvalue weighted by atomic mass is 10.2. The number of aliphatic imine (C=N–C) groups is 2. The Balaban J connectivity index is 0.000000514. The highest BCUT2D eigenvalue weighted by atomic mass is 32.2. The SMILES string of the molecule is CC.CC.CN=CNc1cc(OS(=O)(=O)c2ccc(NC3CCCC3)cc2)ccc1NC.O=CNCC1=CC=CCC=N1. The lowest BCUT2D eigenvalue weighted by molar-refractivity contribution is -0.109. The number of carbonyl (C=O) groups is 1. The normalized spacial score (nSPS) is 14.0. The summed E-state index contributed by atoms with van der Waals surface area (Å²) >= 11 is 0. The van der Waals surface area contributed by atoms with Crippen molar-refractivity contribution in [1.82, 2.24) is 5.32 Å². The fourth-order valence-electron chi connectivity index (χ4n) is 4.03. The average Bonchev–Trinajstić information content (AvgIpc) is 3.41. The first-order chi connectivity index (χ1) is 20.9. The number of amides is 1. The van der Waals surface area contributed by atoms with E-state index in [9.17, 15) is 13.2 Å². The maximum Gasteiger partial charge on any atom is 0.339 e. The second kappa shape index (κ2) is 21.6. The molecule has 11 heteroatoms. The van der Waals surface area contributed by atoms with Gasteiger partial charge in [0.2, 0.25) is 6.41 Å². The van der Waals surface area contributed by atoms with E-state index in [-0.39, 0.29) is 10.6 Å². The van der Waals surface area contributed by atoms with Gasteiger partial charge in [-0.15, -0.1) is 0 Å². The quantitative estimate of drug-likeness (QED) is 0.0970. The van der Waals surface area contributed by atoms with Gasteiger partial charge in [0.1, 0.15) is 10.6 Å². The number of nitrogens with one attached hydrogen (secondary N) is 4. The van der Waals surface area contributed by atoms with Gasteiger partial charge >= 0.3 is 10.1 Å². The van der Waals surface area contributed by atoms with Gasteiger partial charge in [0.05, 0.1) is 30.0 Å². The molecule has 1 amide bonds. The van der Waals surface area contributed by atoms with Crippen molar-refractivity contribution in [2.75, 3.05) is 36.6 Å². The van der Waals surface area contributed by atoms with Gasteiger partial charge in [-0.25, -0.2) is 0 Å². The maximum atomic E-state index is 12.6. The molecule has 1 heterocycles. The molecule has 1 aliphatic heterocycles. The standard InChI is InChI=1S/C20H26N4O3S.C8H10N2O.2C2H6/c1-21-14-23-20-13-17(9-12-19(20)22-2)27-28(25,26)18-10-7-16(8-11-18)24-15-5-3-4-6-15;11-7-9-6-8-4-2-1-3-5-10-8;2*1-2/h7-15,22,24H,3-6H2,1-2H3,(H,21,23);1-2,4-5,7H,3,6H2,(H,9,11);2*1-2H3. The molecule has 0 spiro atoms. The van der Waals surface area contributed by atoms with Crippen LogP contribution in [0.1, 0.15) is 59.8 Å². The van der Waals surface area contributed by atoms with Crippen molar-refractivity contribution >= 4 is 46.1 Å². The van der Waals surface area contributed by atoms with Crippen LogP contribution in [0.5, 0.6) is 5.75 Å². The number of nitrogens with zero attached hydrogens (tertiary/aromatic N) is 2. The van der Waals surface area contributed by atoms with E-state index >= 15 is 0 Å². The third-order valence-corrected chi connectivity index (χ3v) is 7.24. The summed E-state index contributed by atoms with van der Waals surface area (Å²) in [4.78, 5) is 18.0. The number of allylic oxidation sites excluding steroid dienone is 3. The van der Waals surface area contributed by atoms with Gasteiger partial charge in [-0.05, 0) is 55.3 Å². The Morgan fingerprint density at radius 1 is 1.02 bits per heavy atom. The minimum atomic E-state index is -3.92. The van der Waals surface area contributed by atoms with Crippen molar-refractivity contribution in [3.63, 3.8) is 0 Å². The van der Waals surface area contributed by atoms with Crippen LogP contribution in [0.2, 0.25) is 0 Å². The molecule has 236 valence electrons. The summed E-state index contributed by atoms with van der Waals surface area (Å²) in [6.07, 6.45) is 15.5. The fourth-order valence-corrected chi connectivity index (χ4v) is 4.95. The highest BCUT2D eigenvalue weighted by Gasteiger charge is 2.19. The molecule has 0 unspecified atom stereocenters. The van der Waals surface area contributed by atoms with E-state index in [2.05, 4.69) is 31.3 Å². The van der Waals surface area contributed by atoms with E-state index < -0.39 is 10.1 Å². The molecule has 4 rings (SSSR count). The lowest BCUT2D eigenvalue weighted by Crippen LogP contribution is -2.15. The third kappa shape index (κ3) is 13.6. The second-order valence-electron chi connectivity index (χ2n) is 8.81. The topological polar surface area (TPSA) is 133 Å². The van der Waals surface area contributed by atoms with E-state index in [0.29, 0.717) is 24.7 Å². The van der Waals surface area contributed by atoms with E-state index in [0.717, 1.165) is 36.3 Å². The highest BCUT2D eigenvalue weighted by molar-refractivity contribution is 7.87. The molecular formula is C32H48N6O4S. The summed E-state index contributed by atoms with van der Waals surface area (Å²) in [5.74, 6) is 0.221. The van der Waals surface area contributed by atoms with Crippen LogP contribution < -0.4 is 25.5 Å². The minimum Gasteiger partial charge on any atom is -0.386 e. The first kappa shape index (κ1) is 36.9. The zero-order valence-electron chi connectivity index (χ0n) is 26.3. The summed E-state index contributed by atoms with van der Waals surface area (Å²) in [5.41, 5.74) is 3.27. The van der Waals surface area contributed by atoms with Crippen molar-refractivity contribution in [1.29, 1.82) is 0 Å². The van der Waals surface area contributed by atoms with Gasteiger partial charge in [-0.2, -0.15) is 8.42 Å². The summed E-state index contributed by atoms with van der Waals surface area (Å²) in [7, 11) is -0.503. The van der Waals surface area contributed by atoms with Crippen LogP contribution in [-0.2, 0) is 14.9 Å². The Morgan fingerprint density at radius 2 is 1.72 bits per heavy atom. The molecular weight excluding hydrogens is 564 g/mol. The summed E-state index contributed by atoms with van der Waals surface area (Å²) in [6.45, 7) is 8.50. The molecule has 43 heavy (non-hydrogen) atoms. The van der Waals surface area contributed by atoms with Gasteiger partial charge in [-0.3, -0.25) is 14.8 Å². The predicted molar refractivity (Wildman–Crippen MR) is 181 cm³/mol. The van der Waals surface area contributed by atoms with E-state index in [4.69, 9.17) is 4.18 Å². The van der Waals surface area contributed by atoms with Crippen LogP contribution in [-0.4, -0.2) is 54.1 Å². The van der Waals surface area contributed by atoms with Crippen molar-refractivity contribution in [2.45, 2.75) is 70.7 Å². The van der Waals surface area contributed by atoms with Crippen LogP contribution in [0.15, 0.2) is 81.3 Å². The largest absolute Gasteiger partial charge is 0.386 e. The highest BCUT2D eigenvalue weighted by Crippen LogP contribution is 2.29. The maximum absolute atomic E-state index is 12.6. The van der Waals surface area contributed by atoms with Crippen LogP contribution in [0, 0.1) is 0 Å². The van der Waals surface area contributed by atoms with Gasteiger partial charge in [0, 0.05) is 44.5 Å². The smallest absolute Gasteiger partial charge is 0.339 e. The Morgan fingerprint density at radius 3 is 2.35 bits per heavy atom. The van der Waals surface area contributed by atoms with Crippen LogP contribution >= 0.6 is 0 Å². The number of benzene rings is 2. The van der Waals surface area contributed by atoms with E-state index in [1.807, 2.05) is 52.1 Å². The second-order valence-corrected chi connectivity index (χ2v) is 10.4. The molecule has 1 saturated carbocycles. The third-order valence-electron chi connectivity index (χ3n) is 5.97. The first-order valence-electron chi connectivity index (χ1n) is 14.8. The summed E-state index contributed by atoms with van der Waals surface area (Å²) in [5, 5.41) is 12.0. The Kier molecular flexibility index (Phi) is 18.5. The predicted octanol–water partition coefficient (Wildman–Crippen LogP) is 6.62. The minimum absolute atomic E-state index is 0.117. The van der Waals surface area contributed by atoms with Gasteiger partial charge < -0.3 is 25.5 Å². The van der Waals surface area contributed by atoms with Gasteiger partial charge in [0.15, 0.2) is 0 Å². The fraction of sp³-hybridized carbons (Fsp3) is 0.406. The monoisotopic (exact) mass is 612 g/mol. The van der Waals surface area contributed by atoms with Gasteiger partial charge in [-0.1, -0.05) is 52.7 Å². The number of hydrogen-bond acceptors (Lipinski definition) is 8. The molecule has 0 bridgehead atoms.